The van der Waals surface area contributed by atoms with Crippen molar-refractivity contribution >= 4 is 26.9 Å². The van der Waals surface area contributed by atoms with Gasteiger partial charge in [0.05, 0.1) is 24.1 Å². The van der Waals surface area contributed by atoms with Gasteiger partial charge in [0.2, 0.25) is 0 Å². The number of fused-ring (bicyclic) bond motifs is 3. The quantitative estimate of drug-likeness (QED) is 0.580. The second-order valence-corrected chi connectivity index (χ2v) is 8.56. The Morgan fingerprint density at radius 3 is 2.74 bits per heavy atom. The van der Waals surface area contributed by atoms with Crippen molar-refractivity contribution in [3.05, 3.63) is 30.4 Å². The van der Waals surface area contributed by atoms with Crippen LogP contribution in [0.25, 0.3) is 16.8 Å². The second kappa shape index (κ2) is 7.91. The summed E-state index contributed by atoms with van der Waals surface area (Å²) >= 11 is 0. The Balaban J connectivity index is 0.000000226. The predicted octanol–water partition coefficient (Wildman–Crippen LogP) is 2.29. The molecule has 0 aromatic carbocycles. The standard InChI is InChI=1S/C14H17N5.C3H7FO3S/c1-8-4-9(15)5-10(8)12-6-17-13-7-18-14-11(19(12)13)2-3-16-14;4-2-1-3-8(5,6)7/h2-3,6-10,16H,4-5,15H2,1H3;1-3H2,(H,5,6,7)/t8-,9+,10+;/m1./s1. The van der Waals surface area contributed by atoms with Crippen LogP contribution in [0.5, 0.6) is 0 Å². The first kappa shape index (κ1) is 19.7. The molecule has 148 valence electrons. The van der Waals surface area contributed by atoms with Crippen LogP contribution in [-0.4, -0.2) is 50.8 Å². The lowest BCUT2D eigenvalue weighted by atomic mass is 9.95. The molecule has 0 unspecified atom stereocenters. The van der Waals surface area contributed by atoms with E-state index in [4.69, 9.17) is 10.3 Å². The predicted molar refractivity (Wildman–Crippen MR) is 101 cm³/mol. The molecule has 1 fully saturated rings. The number of hydrogen-bond acceptors (Lipinski definition) is 5. The summed E-state index contributed by atoms with van der Waals surface area (Å²) in [7, 11) is -3.93. The van der Waals surface area contributed by atoms with Gasteiger partial charge in [0.1, 0.15) is 0 Å². The Hall–Kier alpha value is -2.04. The molecule has 0 amide bonds. The van der Waals surface area contributed by atoms with E-state index in [2.05, 4.69) is 32.3 Å². The van der Waals surface area contributed by atoms with Crippen molar-refractivity contribution in [2.24, 2.45) is 11.7 Å². The molecule has 27 heavy (non-hydrogen) atoms. The van der Waals surface area contributed by atoms with Crippen molar-refractivity contribution in [1.29, 1.82) is 0 Å². The summed E-state index contributed by atoms with van der Waals surface area (Å²) in [5, 5.41) is 0. The average Bonchev–Trinajstić information content (AvgIpc) is 3.29. The van der Waals surface area contributed by atoms with E-state index < -0.39 is 22.5 Å². The fourth-order valence-electron chi connectivity index (χ4n) is 3.70. The number of imidazole rings is 1. The number of H-pyrrole nitrogens is 1. The first-order valence-corrected chi connectivity index (χ1v) is 10.5. The van der Waals surface area contributed by atoms with Gasteiger partial charge in [-0.25, -0.2) is 9.97 Å². The minimum atomic E-state index is -3.93. The molecule has 1 saturated carbocycles. The van der Waals surface area contributed by atoms with Crippen molar-refractivity contribution in [2.75, 3.05) is 12.4 Å². The van der Waals surface area contributed by atoms with Gasteiger partial charge in [-0.2, -0.15) is 8.42 Å². The first-order chi connectivity index (χ1) is 12.8. The second-order valence-electron chi connectivity index (χ2n) is 6.99. The zero-order valence-electron chi connectivity index (χ0n) is 15.0. The molecule has 1 aliphatic carbocycles. The zero-order chi connectivity index (χ0) is 19.6. The van der Waals surface area contributed by atoms with Crippen LogP contribution in [0.4, 0.5) is 4.39 Å². The highest BCUT2D eigenvalue weighted by Crippen LogP contribution is 2.39. The molecule has 0 saturated heterocycles. The molecule has 0 aliphatic heterocycles. The molecule has 1 aliphatic rings. The maximum absolute atomic E-state index is 11.1. The van der Waals surface area contributed by atoms with Crippen molar-refractivity contribution in [1.82, 2.24) is 19.4 Å². The maximum Gasteiger partial charge on any atom is 0.264 e. The molecule has 4 rings (SSSR count). The largest absolute Gasteiger partial charge is 0.345 e. The summed E-state index contributed by atoms with van der Waals surface area (Å²) in [5.74, 6) is 0.617. The molecule has 3 aromatic rings. The van der Waals surface area contributed by atoms with Crippen molar-refractivity contribution in [3.63, 3.8) is 0 Å². The van der Waals surface area contributed by atoms with Gasteiger partial charge < -0.3 is 10.7 Å². The van der Waals surface area contributed by atoms with Crippen molar-refractivity contribution in [2.45, 2.75) is 38.1 Å². The number of halogens is 1. The molecule has 10 heteroatoms. The summed E-state index contributed by atoms with van der Waals surface area (Å²) in [5.41, 5.74) is 10.3. The number of nitrogens with zero attached hydrogens (tertiary/aromatic N) is 3. The number of nitrogens with one attached hydrogen (secondary N) is 1. The van der Waals surface area contributed by atoms with Crippen LogP contribution in [0.15, 0.2) is 24.7 Å². The lowest BCUT2D eigenvalue weighted by Crippen LogP contribution is -2.14. The van der Waals surface area contributed by atoms with Crippen LogP contribution in [0.3, 0.4) is 0 Å². The maximum atomic E-state index is 11.1. The Morgan fingerprint density at radius 2 is 2.15 bits per heavy atom. The van der Waals surface area contributed by atoms with E-state index in [1.54, 1.807) is 0 Å². The van der Waals surface area contributed by atoms with E-state index in [1.165, 1.54) is 5.69 Å². The molecule has 8 nitrogen and oxygen atoms in total. The third-order valence-corrected chi connectivity index (χ3v) is 5.71. The Morgan fingerprint density at radius 1 is 1.37 bits per heavy atom. The number of nitrogens with two attached hydrogens (primary N) is 1. The van der Waals surface area contributed by atoms with Crippen LogP contribution in [0.1, 0.15) is 37.8 Å². The molecular weight excluding hydrogens is 373 g/mol. The van der Waals surface area contributed by atoms with Crippen LogP contribution >= 0.6 is 0 Å². The van der Waals surface area contributed by atoms with Crippen LogP contribution < -0.4 is 5.73 Å². The third kappa shape index (κ3) is 4.45. The summed E-state index contributed by atoms with van der Waals surface area (Å²) in [6.07, 6.45) is 7.75. The van der Waals surface area contributed by atoms with Crippen molar-refractivity contribution < 1.29 is 17.4 Å². The molecular formula is C17H24FN5O3S. The van der Waals surface area contributed by atoms with Crippen molar-refractivity contribution in [3.8, 4) is 0 Å². The summed E-state index contributed by atoms with van der Waals surface area (Å²) in [6.45, 7) is 1.58. The number of rotatable bonds is 4. The lowest BCUT2D eigenvalue weighted by molar-refractivity contribution is 0.457. The lowest BCUT2D eigenvalue weighted by Gasteiger charge is -2.15. The smallest absolute Gasteiger partial charge is 0.264 e. The number of aromatic amines is 1. The van der Waals surface area contributed by atoms with E-state index in [0.29, 0.717) is 17.9 Å². The minimum absolute atomic E-state index is 0.126. The topological polar surface area (TPSA) is 126 Å². The first-order valence-electron chi connectivity index (χ1n) is 8.86. The van der Waals surface area contributed by atoms with E-state index in [1.807, 2.05) is 18.6 Å². The number of hydrogen-bond donors (Lipinski definition) is 3. The average molecular weight is 397 g/mol. The third-order valence-electron chi connectivity index (χ3n) is 4.90. The van der Waals surface area contributed by atoms with Gasteiger partial charge in [0.25, 0.3) is 10.1 Å². The normalized spacial score (nSPS) is 22.9. The van der Waals surface area contributed by atoms with E-state index >= 15 is 0 Å². The fraction of sp³-hybridized carbons (Fsp3) is 0.529. The Bertz CT molecular complexity index is 1020. The number of aromatic nitrogens is 4. The van der Waals surface area contributed by atoms with Crippen LogP contribution in [-0.2, 0) is 10.1 Å². The monoisotopic (exact) mass is 397 g/mol. The highest BCUT2D eigenvalue weighted by Gasteiger charge is 2.32. The molecule has 0 bridgehead atoms. The Kier molecular flexibility index (Phi) is 5.78. The summed E-state index contributed by atoms with van der Waals surface area (Å²) < 4.78 is 40.9. The molecule has 3 heterocycles. The highest BCUT2D eigenvalue weighted by atomic mass is 32.2. The fourth-order valence-corrected chi connectivity index (χ4v) is 4.17. The molecule has 4 N–H and O–H groups in total. The molecule has 3 atom stereocenters. The summed E-state index contributed by atoms with van der Waals surface area (Å²) in [6, 6.07) is 2.37. The van der Waals surface area contributed by atoms with Gasteiger partial charge in [-0.05, 0) is 31.2 Å². The number of alkyl halides is 1. The van der Waals surface area contributed by atoms with Gasteiger partial charge in [0.15, 0.2) is 11.3 Å². The molecule has 3 aromatic heterocycles. The Labute approximate surface area is 156 Å². The molecule has 0 spiro atoms. The van der Waals surface area contributed by atoms with Gasteiger partial charge in [0, 0.05) is 30.0 Å². The van der Waals surface area contributed by atoms with E-state index in [0.717, 1.165) is 29.7 Å². The van der Waals surface area contributed by atoms with E-state index in [9.17, 15) is 12.8 Å². The minimum Gasteiger partial charge on any atom is -0.345 e. The van der Waals surface area contributed by atoms with Gasteiger partial charge >= 0.3 is 0 Å². The van der Waals surface area contributed by atoms with Gasteiger partial charge in [-0.3, -0.25) is 13.3 Å². The van der Waals surface area contributed by atoms with Crippen LogP contribution in [0, 0.1) is 5.92 Å². The highest BCUT2D eigenvalue weighted by molar-refractivity contribution is 7.85. The van der Waals surface area contributed by atoms with Crippen LogP contribution in [0.2, 0.25) is 0 Å². The van der Waals surface area contributed by atoms with Gasteiger partial charge in [-0.1, -0.05) is 6.92 Å². The SMILES string of the molecule is C[C@@H]1C[C@H](N)C[C@@H]1c1cnc2cnc3[nH]ccc3n12.O=S(=O)(O)CCCF. The molecule has 0 radical (unpaired) electrons. The van der Waals surface area contributed by atoms with E-state index in [-0.39, 0.29) is 6.42 Å². The zero-order valence-corrected chi connectivity index (χ0v) is 15.9. The summed E-state index contributed by atoms with van der Waals surface area (Å²) in [4.78, 5) is 12.0. The van der Waals surface area contributed by atoms with Gasteiger partial charge in [-0.15, -0.1) is 0 Å².